The van der Waals surface area contributed by atoms with Crippen LogP contribution in [0.15, 0.2) is 23.1 Å². The number of carboxylic acids is 1. The summed E-state index contributed by atoms with van der Waals surface area (Å²) in [5.41, 5.74) is 0.0804. The van der Waals surface area contributed by atoms with Crippen LogP contribution in [0.1, 0.15) is 36.2 Å². The number of aliphatic hydroxyl groups excluding tert-OH is 1. The van der Waals surface area contributed by atoms with Gasteiger partial charge >= 0.3 is 5.97 Å². The second-order valence-electron chi connectivity index (χ2n) is 5.74. The summed E-state index contributed by atoms with van der Waals surface area (Å²) < 4.78 is 26.9. The lowest BCUT2D eigenvalue weighted by atomic mass is 9.90. The van der Waals surface area contributed by atoms with Crippen molar-refractivity contribution in [2.24, 2.45) is 5.41 Å². The van der Waals surface area contributed by atoms with Crippen LogP contribution in [0.25, 0.3) is 0 Å². The topological polar surface area (TPSA) is 104 Å². The lowest BCUT2D eigenvalue weighted by Crippen LogP contribution is -2.34. The van der Waals surface area contributed by atoms with Crippen LogP contribution in [0.5, 0.6) is 0 Å². The highest BCUT2D eigenvalue weighted by Gasteiger charge is 2.23. The Morgan fingerprint density at radius 2 is 1.95 bits per heavy atom. The van der Waals surface area contributed by atoms with E-state index in [-0.39, 0.29) is 29.0 Å². The molecule has 0 bridgehead atoms. The minimum atomic E-state index is -3.78. The second-order valence-corrected chi connectivity index (χ2v) is 7.51. The number of nitrogens with one attached hydrogen (secondary N) is 1. The molecule has 0 saturated heterocycles. The Hall–Kier alpha value is -1.44. The van der Waals surface area contributed by atoms with Crippen LogP contribution in [0.3, 0.4) is 0 Å². The number of aliphatic hydroxyl groups is 1. The van der Waals surface area contributed by atoms with E-state index in [0.717, 1.165) is 6.07 Å². The van der Waals surface area contributed by atoms with E-state index < -0.39 is 16.0 Å². The van der Waals surface area contributed by atoms with Crippen LogP contribution in [0, 0.1) is 12.3 Å². The van der Waals surface area contributed by atoms with Crippen molar-refractivity contribution in [3.63, 3.8) is 0 Å². The molecule has 0 saturated carbocycles. The average molecular weight is 315 g/mol. The molecule has 0 radical (unpaired) electrons. The zero-order chi connectivity index (χ0) is 16.3. The summed E-state index contributed by atoms with van der Waals surface area (Å²) in [6, 6.07) is 4.00. The third kappa shape index (κ3) is 4.80. The third-order valence-electron chi connectivity index (χ3n) is 3.28. The molecule has 0 aliphatic rings. The van der Waals surface area contributed by atoms with Gasteiger partial charge in [0.1, 0.15) is 0 Å². The molecule has 21 heavy (non-hydrogen) atoms. The summed E-state index contributed by atoms with van der Waals surface area (Å²) in [7, 11) is -3.78. The van der Waals surface area contributed by atoms with E-state index in [9.17, 15) is 13.2 Å². The Morgan fingerprint density at radius 1 is 1.33 bits per heavy atom. The van der Waals surface area contributed by atoms with E-state index in [1.165, 1.54) is 12.1 Å². The number of carbonyl (C=O) groups is 1. The normalized spacial score (nSPS) is 12.4. The van der Waals surface area contributed by atoms with Crippen molar-refractivity contribution in [2.75, 3.05) is 13.2 Å². The Labute approximate surface area is 124 Å². The van der Waals surface area contributed by atoms with Gasteiger partial charge in [-0.3, -0.25) is 0 Å². The maximum atomic E-state index is 12.2. The van der Waals surface area contributed by atoms with Gasteiger partial charge < -0.3 is 10.2 Å². The largest absolute Gasteiger partial charge is 0.478 e. The van der Waals surface area contributed by atoms with Gasteiger partial charge in [-0.2, -0.15) is 0 Å². The van der Waals surface area contributed by atoms with E-state index in [1.54, 1.807) is 6.92 Å². The molecule has 1 aromatic carbocycles. The smallest absolute Gasteiger partial charge is 0.335 e. The van der Waals surface area contributed by atoms with Gasteiger partial charge in [0.05, 0.1) is 10.5 Å². The van der Waals surface area contributed by atoms with E-state index in [4.69, 9.17) is 10.2 Å². The monoisotopic (exact) mass is 315 g/mol. The van der Waals surface area contributed by atoms with Crippen LogP contribution in [-0.2, 0) is 10.0 Å². The maximum absolute atomic E-state index is 12.2. The molecule has 118 valence electrons. The molecule has 1 rings (SSSR count). The predicted octanol–water partition coefficient (Wildman–Crippen LogP) is 1.38. The molecule has 0 unspecified atom stereocenters. The molecule has 0 spiro atoms. The van der Waals surface area contributed by atoms with Crippen LogP contribution in [0.4, 0.5) is 0 Å². The third-order valence-corrected chi connectivity index (χ3v) is 4.68. The predicted molar refractivity (Wildman–Crippen MR) is 78.8 cm³/mol. The highest BCUT2D eigenvalue weighted by atomic mass is 32.2. The van der Waals surface area contributed by atoms with Gasteiger partial charge in [-0.25, -0.2) is 17.9 Å². The highest BCUT2D eigenvalue weighted by molar-refractivity contribution is 7.89. The Kier molecular flexibility index (Phi) is 5.49. The quantitative estimate of drug-likeness (QED) is 0.705. The molecule has 6 nitrogen and oxygen atoms in total. The molecule has 0 aromatic heterocycles. The summed E-state index contributed by atoms with van der Waals surface area (Å²) in [4.78, 5) is 11.0. The molecule has 0 heterocycles. The fourth-order valence-corrected chi connectivity index (χ4v) is 3.03. The second kappa shape index (κ2) is 6.55. The van der Waals surface area contributed by atoms with E-state index in [0.29, 0.717) is 12.0 Å². The van der Waals surface area contributed by atoms with Crippen molar-refractivity contribution < 1.29 is 23.4 Å². The van der Waals surface area contributed by atoms with Crippen LogP contribution in [-0.4, -0.2) is 37.8 Å². The van der Waals surface area contributed by atoms with Gasteiger partial charge in [0, 0.05) is 13.2 Å². The minimum Gasteiger partial charge on any atom is -0.478 e. The van der Waals surface area contributed by atoms with Crippen molar-refractivity contribution >= 4 is 16.0 Å². The first-order valence-corrected chi connectivity index (χ1v) is 8.02. The summed E-state index contributed by atoms with van der Waals surface area (Å²) in [6.45, 7) is 5.42. The molecular weight excluding hydrogens is 294 g/mol. The fourth-order valence-electron chi connectivity index (χ4n) is 1.76. The summed E-state index contributed by atoms with van der Waals surface area (Å²) in [5, 5.41) is 18.0. The van der Waals surface area contributed by atoms with Gasteiger partial charge in [0.2, 0.25) is 10.0 Å². The van der Waals surface area contributed by atoms with E-state index in [1.807, 2.05) is 13.8 Å². The summed E-state index contributed by atoms with van der Waals surface area (Å²) >= 11 is 0. The number of rotatable bonds is 7. The van der Waals surface area contributed by atoms with Gasteiger partial charge in [-0.05, 0) is 36.5 Å². The summed E-state index contributed by atoms with van der Waals surface area (Å²) in [5.74, 6) is -1.16. The number of hydrogen-bond acceptors (Lipinski definition) is 4. The van der Waals surface area contributed by atoms with Gasteiger partial charge in [0.15, 0.2) is 0 Å². The first-order chi connectivity index (χ1) is 9.59. The van der Waals surface area contributed by atoms with Gasteiger partial charge in [0.25, 0.3) is 0 Å². The van der Waals surface area contributed by atoms with Gasteiger partial charge in [-0.1, -0.05) is 19.9 Å². The zero-order valence-electron chi connectivity index (χ0n) is 12.4. The zero-order valence-corrected chi connectivity index (χ0v) is 13.2. The molecule has 0 amide bonds. The van der Waals surface area contributed by atoms with E-state index >= 15 is 0 Å². The Balaban J connectivity index is 2.99. The SMILES string of the molecule is Cc1ccc(S(=O)(=O)NCC(C)(C)CCO)cc1C(=O)O. The number of hydrogen-bond donors (Lipinski definition) is 3. The fraction of sp³-hybridized carbons (Fsp3) is 0.500. The molecule has 7 heteroatoms. The molecule has 0 aliphatic carbocycles. The standard InChI is InChI=1S/C14H21NO5S/c1-10-4-5-11(8-12(10)13(17)18)21(19,20)15-9-14(2,3)6-7-16/h4-5,8,15-16H,6-7,9H2,1-3H3,(H,17,18). The lowest BCUT2D eigenvalue weighted by molar-refractivity contribution is 0.0696. The molecule has 1 aromatic rings. The summed E-state index contributed by atoms with van der Waals surface area (Å²) in [6.07, 6.45) is 0.462. The molecule has 0 atom stereocenters. The van der Waals surface area contributed by atoms with Crippen LogP contribution < -0.4 is 4.72 Å². The number of benzene rings is 1. The number of aromatic carboxylic acids is 1. The van der Waals surface area contributed by atoms with Crippen LogP contribution >= 0.6 is 0 Å². The number of aryl methyl sites for hydroxylation is 1. The first-order valence-electron chi connectivity index (χ1n) is 6.53. The minimum absolute atomic E-state index is 0.0254. The van der Waals surface area contributed by atoms with Crippen molar-refractivity contribution in [1.82, 2.24) is 4.72 Å². The molecule has 0 fully saturated rings. The van der Waals surface area contributed by atoms with Crippen molar-refractivity contribution in [3.8, 4) is 0 Å². The number of carboxylic acid groups (broad SMARTS) is 1. The first kappa shape index (κ1) is 17.6. The average Bonchev–Trinajstić information content (AvgIpc) is 2.36. The van der Waals surface area contributed by atoms with Gasteiger partial charge in [-0.15, -0.1) is 0 Å². The van der Waals surface area contributed by atoms with Crippen molar-refractivity contribution in [2.45, 2.75) is 32.1 Å². The number of sulfonamides is 1. The van der Waals surface area contributed by atoms with E-state index in [2.05, 4.69) is 4.72 Å². The molecule has 0 aliphatic heterocycles. The highest BCUT2D eigenvalue weighted by Crippen LogP contribution is 2.20. The lowest BCUT2D eigenvalue weighted by Gasteiger charge is -2.23. The Morgan fingerprint density at radius 3 is 2.48 bits per heavy atom. The molecular formula is C14H21NO5S. The molecule has 3 N–H and O–H groups in total. The van der Waals surface area contributed by atoms with Crippen LogP contribution in [0.2, 0.25) is 0 Å². The van der Waals surface area contributed by atoms with Crippen molar-refractivity contribution in [1.29, 1.82) is 0 Å². The Bertz CT molecular complexity index is 622. The maximum Gasteiger partial charge on any atom is 0.335 e. The van der Waals surface area contributed by atoms with Crippen molar-refractivity contribution in [3.05, 3.63) is 29.3 Å².